The first-order valence-electron chi connectivity index (χ1n) is 5.57. The van der Waals surface area contributed by atoms with Crippen molar-refractivity contribution >= 4 is 11.6 Å². The second kappa shape index (κ2) is 5.23. The summed E-state index contributed by atoms with van der Waals surface area (Å²) < 4.78 is 41.1. The zero-order valence-electron chi connectivity index (χ0n) is 10.1. The summed E-state index contributed by atoms with van der Waals surface area (Å²) in [6.07, 6.45) is 0. The molecule has 0 aliphatic rings. The van der Waals surface area contributed by atoms with Crippen LogP contribution in [0.5, 0.6) is 0 Å². The minimum absolute atomic E-state index is 0.0228. The van der Waals surface area contributed by atoms with E-state index in [-0.39, 0.29) is 21.7 Å². The first kappa shape index (κ1) is 13.9. The quantitative estimate of drug-likeness (QED) is 0.883. The van der Waals surface area contributed by atoms with Gasteiger partial charge in [0.15, 0.2) is 11.6 Å². The van der Waals surface area contributed by atoms with Gasteiger partial charge in [-0.15, -0.1) is 0 Å². The first-order chi connectivity index (χ1) is 8.93. The van der Waals surface area contributed by atoms with Crippen LogP contribution in [0.2, 0.25) is 5.02 Å². The molecular formula is C14H11ClF3N. The van der Waals surface area contributed by atoms with E-state index in [0.29, 0.717) is 0 Å². The Bertz CT molecular complexity index is 628. The molecular weight excluding hydrogens is 275 g/mol. The lowest BCUT2D eigenvalue weighted by atomic mass is 9.97. The molecule has 1 unspecified atom stereocenters. The van der Waals surface area contributed by atoms with E-state index in [1.54, 1.807) is 0 Å². The van der Waals surface area contributed by atoms with Gasteiger partial charge in [-0.1, -0.05) is 35.9 Å². The lowest BCUT2D eigenvalue weighted by Gasteiger charge is -2.15. The van der Waals surface area contributed by atoms with Crippen LogP contribution in [0.1, 0.15) is 22.7 Å². The Morgan fingerprint density at radius 3 is 2.26 bits per heavy atom. The van der Waals surface area contributed by atoms with Crippen LogP contribution in [-0.4, -0.2) is 0 Å². The fourth-order valence-corrected chi connectivity index (χ4v) is 2.01. The lowest BCUT2D eigenvalue weighted by Crippen LogP contribution is -2.16. The Hall–Kier alpha value is -1.52. The molecule has 2 aromatic rings. The minimum atomic E-state index is -1.12. The lowest BCUT2D eigenvalue weighted by molar-refractivity contribution is 0.487. The van der Waals surface area contributed by atoms with Crippen LogP contribution in [0.3, 0.4) is 0 Å². The van der Waals surface area contributed by atoms with E-state index in [1.165, 1.54) is 37.3 Å². The highest BCUT2D eigenvalue weighted by Crippen LogP contribution is 2.29. The maximum atomic E-state index is 13.8. The molecule has 100 valence electrons. The van der Waals surface area contributed by atoms with E-state index in [9.17, 15) is 13.2 Å². The Balaban J connectivity index is 2.53. The van der Waals surface area contributed by atoms with Gasteiger partial charge in [0.2, 0.25) is 0 Å². The van der Waals surface area contributed by atoms with Gasteiger partial charge in [-0.05, 0) is 18.6 Å². The molecule has 1 atom stereocenters. The molecule has 19 heavy (non-hydrogen) atoms. The third-order valence-electron chi connectivity index (χ3n) is 2.96. The van der Waals surface area contributed by atoms with Gasteiger partial charge in [0.1, 0.15) is 5.82 Å². The second-order valence-corrected chi connectivity index (χ2v) is 4.63. The van der Waals surface area contributed by atoms with Crippen LogP contribution in [0, 0.1) is 24.4 Å². The number of hydrogen-bond acceptors (Lipinski definition) is 1. The summed E-state index contributed by atoms with van der Waals surface area (Å²) in [5.41, 5.74) is 5.88. The van der Waals surface area contributed by atoms with Gasteiger partial charge in [-0.2, -0.15) is 0 Å². The predicted molar refractivity (Wildman–Crippen MR) is 68.5 cm³/mol. The molecule has 2 aromatic carbocycles. The molecule has 0 spiro atoms. The monoisotopic (exact) mass is 285 g/mol. The van der Waals surface area contributed by atoms with E-state index < -0.39 is 23.5 Å². The number of hydrogen-bond donors (Lipinski definition) is 1. The maximum absolute atomic E-state index is 13.8. The summed E-state index contributed by atoms with van der Waals surface area (Å²) >= 11 is 5.64. The van der Waals surface area contributed by atoms with E-state index in [1.807, 2.05) is 0 Å². The van der Waals surface area contributed by atoms with Gasteiger partial charge in [0, 0.05) is 11.1 Å². The zero-order valence-corrected chi connectivity index (χ0v) is 10.8. The van der Waals surface area contributed by atoms with Gasteiger partial charge in [-0.3, -0.25) is 0 Å². The van der Waals surface area contributed by atoms with Crippen LogP contribution in [0.4, 0.5) is 13.2 Å². The number of halogens is 4. The van der Waals surface area contributed by atoms with Crippen molar-refractivity contribution in [3.63, 3.8) is 0 Å². The summed E-state index contributed by atoms with van der Waals surface area (Å²) in [6, 6.07) is 5.88. The van der Waals surface area contributed by atoms with Crippen molar-refractivity contribution in [2.75, 3.05) is 0 Å². The molecule has 0 radical (unpaired) electrons. The standard InChI is InChI=1S/C14H11ClF3N/c1-7-5-6-9(13(18)11(7)16)14(19)8-3-2-4-10(15)12(8)17/h2-6,14H,19H2,1H3. The number of aryl methyl sites for hydroxylation is 1. The second-order valence-electron chi connectivity index (χ2n) is 4.22. The third kappa shape index (κ3) is 2.46. The highest BCUT2D eigenvalue weighted by atomic mass is 35.5. The van der Waals surface area contributed by atoms with Crippen LogP contribution in [0.15, 0.2) is 30.3 Å². The molecule has 0 saturated carbocycles. The van der Waals surface area contributed by atoms with Gasteiger partial charge < -0.3 is 5.73 Å². The van der Waals surface area contributed by atoms with Crippen LogP contribution in [0.25, 0.3) is 0 Å². The van der Waals surface area contributed by atoms with Crippen LogP contribution in [-0.2, 0) is 0 Å². The fraction of sp³-hybridized carbons (Fsp3) is 0.143. The number of rotatable bonds is 2. The fourth-order valence-electron chi connectivity index (χ4n) is 1.83. The SMILES string of the molecule is Cc1ccc(C(N)c2cccc(Cl)c2F)c(F)c1F. The topological polar surface area (TPSA) is 26.0 Å². The molecule has 1 nitrogen and oxygen atoms in total. The molecule has 0 aliphatic heterocycles. The maximum Gasteiger partial charge on any atom is 0.164 e. The molecule has 0 bridgehead atoms. The van der Waals surface area contributed by atoms with Crippen molar-refractivity contribution in [3.8, 4) is 0 Å². The van der Waals surface area contributed by atoms with E-state index in [2.05, 4.69) is 0 Å². The highest BCUT2D eigenvalue weighted by molar-refractivity contribution is 6.30. The number of benzene rings is 2. The van der Waals surface area contributed by atoms with E-state index in [4.69, 9.17) is 17.3 Å². The Morgan fingerprint density at radius 1 is 0.947 bits per heavy atom. The van der Waals surface area contributed by atoms with Crippen molar-refractivity contribution < 1.29 is 13.2 Å². The van der Waals surface area contributed by atoms with Crippen molar-refractivity contribution in [1.82, 2.24) is 0 Å². The average molecular weight is 286 g/mol. The Labute approximate surface area is 113 Å². The van der Waals surface area contributed by atoms with Crippen molar-refractivity contribution in [2.24, 2.45) is 5.73 Å². The smallest absolute Gasteiger partial charge is 0.164 e. The van der Waals surface area contributed by atoms with Crippen LogP contribution < -0.4 is 5.73 Å². The Kier molecular flexibility index (Phi) is 3.83. The summed E-state index contributed by atoms with van der Waals surface area (Å²) in [5.74, 6) is -2.76. The Morgan fingerprint density at radius 2 is 1.58 bits per heavy atom. The van der Waals surface area contributed by atoms with Crippen LogP contribution >= 0.6 is 11.6 Å². The van der Waals surface area contributed by atoms with E-state index >= 15 is 0 Å². The average Bonchev–Trinajstić information content (AvgIpc) is 2.39. The molecule has 0 aromatic heterocycles. The molecule has 0 amide bonds. The van der Waals surface area contributed by atoms with Gasteiger partial charge in [0.25, 0.3) is 0 Å². The first-order valence-corrected chi connectivity index (χ1v) is 5.95. The largest absolute Gasteiger partial charge is 0.320 e. The molecule has 2 N–H and O–H groups in total. The molecule has 0 heterocycles. The molecule has 2 rings (SSSR count). The van der Waals surface area contributed by atoms with Crippen molar-refractivity contribution in [3.05, 3.63) is 69.5 Å². The molecule has 0 fully saturated rings. The van der Waals surface area contributed by atoms with Gasteiger partial charge >= 0.3 is 0 Å². The summed E-state index contributed by atoms with van der Waals surface area (Å²) in [5, 5.41) is -0.110. The molecule has 0 aliphatic carbocycles. The van der Waals surface area contributed by atoms with E-state index in [0.717, 1.165) is 0 Å². The van der Waals surface area contributed by atoms with Crippen molar-refractivity contribution in [2.45, 2.75) is 13.0 Å². The molecule has 5 heteroatoms. The third-order valence-corrected chi connectivity index (χ3v) is 3.25. The van der Waals surface area contributed by atoms with Gasteiger partial charge in [-0.25, -0.2) is 13.2 Å². The highest BCUT2D eigenvalue weighted by Gasteiger charge is 2.21. The number of nitrogens with two attached hydrogens (primary N) is 1. The summed E-state index contributed by atoms with van der Waals surface area (Å²) in [6.45, 7) is 1.44. The summed E-state index contributed by atoms with van der Waals surface area (Å²) in [4.78, 5) is 0. The van der Waals surface area contributed by atoms with Gasteiger partial charge in [0.05, 0.1) is 11.1 Å². The predicted octanol–water partition coefficient (Wildman–Crippen LogP) is 4.11. The summed E-state index contributed by atoms with van der Waals surface area (Å²) in [7, 11) is 0. The van der Waals surface area contributed by atoms with Crippen molar-refractivity contribution in [1.29, 1.82) is 0 Å². The minimum Gasteiger partial charge on any atom is -0.320 e. The molecule has 0 saturated heterocycles. The zero-order chi connectivity index (χ0) is 14.2. The normalized spacial score (nSPS) is 12.5.